The molecule has 0 aliphatic rings. The molecule has 3 aromatic rings. The summed E-state index contributed by atoms with van der Waals surface area (Å²) in [6.07, 6.45) is 1.58. The first kappa shape index (κ1) is 24.4. The van der Waals surface area contributed by atoms with Crippen LogP contribution in [-0.4, -0.2) is 41.0 Å². The Kier molecular flexibility index (Phi) is 7.84. The van der Waals surface area contributed by atoms with Gasteiger partial charge in [-0.3, -0.25) is 9.59 Å². The molecule has 33 heavy (non-hydrogen) atoms. The van der Waals surface area contributed by atoms with Crippen molar-refractivity contribution in [1.82, 2.24) is 14.8 Å². The molecule has 3 rings (SSSR count). The molecule has 0 unspecified atom stereocenters. The quantitative estimate of drug-likeness (QED) is 0.489. The van der Waals surface area contributed by atoms with Crippen molar-refractivity contribution in [2.24, 2.45) is 18.9 Å². The first-order valence-electron chi connectivity index (χ1n) is 11.5. The molecule has 0 aliphatic heterocycles. The van der Waals surface area contributed by atoms with Crippen molar-refractivity contribution in [3.63, 3.8) is 0 Å². The third-order valence-electron chi connectivity index (χ3n) is 5.58. The minimum atomic E-state index is -0.178. The number of aromatic nitrogens is 1. The summed E-state index contributed by atoms with van der Waals surface area (Å²) in [6.45, 7) is 12.0. The van der Waals surface area contributed by atoms with E-state index in [4.69, 9.17) is 9.15 Å². The third kappa shape index (κ3) is 5.97. The van der Waals surface area contributed by atoms with Crippen LogP contribution in [0, 0.1) is 18.8 Å². The summed E-state index contributed by atoms with van der Waals surface area (Å²) in [4.78, 5) is 27.7. The molecule has 0 spiro atoms. The van der Waals surface area contributed by atoms with E-state index < -0.39 is 0 Å². The number of nitrogens with zero attached hydrogens (tertiary/aromatic N) is 2. The molecule has 0 aliphatic carbocycles. The monoisotopic (exact) mass is 453 g/mol. The van der Waals surface area contributed by atoms with Crippen LogP contribution < -0.4 is 10.1 Å². The summed E-state index contributed by atoms with van der Waals surface area (Å²) in [5.74, 6) is 1.82. The number of hydrogen-bond acceptors (Lipinski definition) is 4. The Bertz CT molecular complexity index is 1090. The lowest BCUT2D eigenvalue weighted by Crippen LogP contribution is -2.39. The van der Waals surface area contributed by atoms with Crippen LogP contribution in [0.4, 0.5) is 0 Å². The predicted octanol–water partition coefficient (Wildman–Crippen LogP) is 4.53. The Hall–Kier alpha value is -3.22. The van der Waals surface area contributed by atoms with E-state index >= 15 is 0 Å². The van der Waals surface area contributed by atoms with Crippen molar-refractivity contribution in [3.8, 4) is 5.75 Å². The van der Waals surface area contributed by atoms with Gasteiger partial charge in [0.1, 0.15) is 11.5 Å². The van der Waals surface area contributed by atoms with Crippen LogP contribution in [0.25, 0.3) is 10.9 Å². The second-order valence-electron chi connectivity index (χ2n) is 9.34. The number of furan rings is 1. The van der Waals surface area contributed by atoms with Gasteiger partial charge in [-0.25, -0.2) is 0 Å². The molecule has 7 nitrogen and oxygen atoms in total. The highest BCUT2D eigenvalue weighted by Gasteiger charge is 2.20. The summed E-state index contributed by atoms with van der Waals surface area (Å²) in [5, 5.41) is 3.71. The number of fused-ring (bicyclic) bond motifs is 1. The van der Waals surface area contributed by atoms with Gasteiger partial charge in [-0.1, -0.05) is 27.7 Å². The van der Waals surface area contributed by atoms with Gasteiger partial charge in [0.15, 0.2) is 6.61 Å². The van der Waals surface area contributed by atoms with Gasteiger partial charge >= 0.3 is 0 Å². The largest absolute Gasteiger partial charge is 0.484 e. The van der Waals surface area contributed by atoms with Crippen LogP contribution in [0.3, 0.4) is 0 Å². The van der Waals surface area contributed by atoms with Gasteiger partial charge in [0.2, 0.25) is 0 Å². The van der Waals surface area contributed by atoms with E-state index in [-0.39, 0.29) is 18.4 Å². The third-order valence-corrected chi connectivity index (χ3v) is 5.58. The molecule has 0 fully saturated rings. The summed E-state index contributed by atoms with van der Waals surface area (Å²) in [6, 6.07) is 9.22. The lowest BCUT2D eigenvalue weighted by atomic mass is 10.1. The van der Waals surface area contributed by atoms with E-state index in [1.165, 1.54) is 0 Å². The average Bonchev–Trinajstić information content (AvgIpc) is 3.36. The summed E-state index contributed by atoms with van der Waals surface area (Å²) < 4.78 is 13.2. The van der Waals surface area contributed by atoms with Crippen molar-refractivity contribution in [1.29, 1.82) is 0 Å². The fourth-order valence-electron chi connectivity index (χ4n) is 3.99. The number of ether oxygens (including phenoxy) is 1. The molecule has 178 valence electrons. The zero-order valence-electron chi connectivity index (χ0n) is 20.5. The van der Waals surface area contributed by atoms with Gasteiger partial charge in [0, 0.05) is 36.7 Å². The molecule has 0 bridgehead atoms. The fourth-order valence-corrected chi connectivity index (χ4v) is 3.99. The summed E-state index contributed by atoms with van der Waals surface area (Å²) >= 11 is 0. The normalized spacial score (nSPS) is 11.4. The Morgan fingerprint density at radius 1 is 1.12 bits per heavy atom. The van der Waals surface area contributed by atoms with E-state index in [0.29, 0.717) is 48.5 Å². The number of nitrogens with one attached hydrogen (secondary N) is 1. The molecular weight excluding hydrogens is 418 g/mol. The van der Waals surface area contributed by atoms with E-state index in [9.17, 15) is 9.59 Å². The van der Waals surface area contributed by atoms with Crippen molar-refractivity contribution in [2.45, 2.75) is 41.2 Å². The Balaban J connectivity index is 1.77. The summed E-state index contributed by atoms with van der Waals surface area (Å²) in [7, 11) is 1.93. The van der Waals surface area contributed by atoms with E-state index in [2.05, 4.69) is 33.0 Å². The zero-order valence-corrected chi connectivity index (χ0v) is 20.5. The number of carbonyl (C=O) groups is 2. The number of aryl methyl sites for hydroxylation is 1. The van der Waals surface area contributed by atoms with Gasteiger partial charge in [-0.2, -0.15) is 0 Å². The van der Waals surface area contributed by atoms with Crippen molar-refractivity contribution >= 4 is 22.7 Å². The number of hydrogen-bond donors (Lipinski definition) is 1. The lowest BCUT2D eigenvalue weighted by Gasteiger charge is -2.26. The smallest absolute Gasteiger partial charge is 0.260 e. The fraction of sp³-hybridized carbons (Fsp3) is 0.462. The minimum absolute atomic E-state index is 0.0295. The topological polar surface area (TPSA) is 76.7 Å². The zero-order chi connectivity index (χ0) is 24.1. The Labute approximate surface area is 195 Å². The SMILES string of the molecule is Cc1c(C(=O)NCc2ccco2)c2cc(OCC(=O)N(CC(C)C)CC(C)C)ccc2n1C. The van der Waals surface area contributed by atoms with E-state index in [0.717, 1.165) is 16.6 Å². The van der Waals surface area contributed by atoms with E-state index in [1.807, 2.05) is 47.7 Å². The number of amides is 2. The van der Waals surface area contributed by atoms with E-state index in [1.54, 1.807) is 12.3 Å². The molecule has 2 heterocycles. The standard InChI is InChI=1S/C26H35N3O4/c1-17(2)14-29(15-18(3)4)24(30)16-33-20-9-10-23-22(12-20)25(19(5)28(23)6)26(31)27-13-21-8-7-11-32-21/h7-12,17-18H,13-16H2,1-6H3,(H,27,31). The molecule has 2 aromatic heterocycles. The molecule has 0 atom stereocenters. The summed E-state index contributed by atoms with van der Waals surface area (Å²) in [5.41, 5.74) is 2.38. The molecule has 0 saturated heterocycles. The van der Waals surface area contributed by atoms with Crippen LogP contribution in [0.2, 0.25) is 0 Å². The maximum atomic E-state index is 13.0. The van der Waals surface area contributed by atoms with Crippen LogP contribution in [0.15, 0.2) is 41.0 Å². The average molecular weight is 454 g/mol. The molecule has 0 radical (unpaired) electrons. The molecule has 0 saturated carbocycles. The first-order chi connectivity index (χ1) is 15.7. The van der Waals surface area contributed by atoms with Crippen LogP contribution in [-0.2, 0) is 18.4 Å². The molecule has 7 heteroatoms. The highest BCUT2D eigenvalue weighted by molar-refractivity contribution is 6.08. The van der Waals surface area contributed by atoms with Gasteiger partial charge in [0.05, 0.1) is 18.4 Å². The minimum Gasteiger partial charge on any atom is -0.484 e. The predicted molar refractivity (Wildman–Crippen MR) is 129 cm³/mol. The molecular formula is C26H35N3O4. The second kappa shape index (κ2) is 10.6. The molecule has 2 amide bonds. The van der Waals surface area contributed by atoms with Gasteiger partial charge in [-0.05, 0) is 49.1 Å². The van der Waals surface area contributed by atoms with Gasteiger partial charge in [0.25, 0.3) is 11.8 Å². The van der Waals surface area contributed by atoms with Gasteiger partial charge in [-0.15, -0.1) is 0 Å². The van der Waals surface area contributed by atoms with Crippen molar-refractivity contribution in [2.75, 3.05) is 19.7 Å². The van der Waals surface area contributed by atoms with Gasteiger partial charge < -0.3 is 23.9 Å². The Morgan fingerprint density at radius 3 is 2.42 bits per heavy atom. The lowest BCUT2D eigenvalue weighted by molar-refractivity contribution is -0.134. The maximum absolute atomic E-state index is 13.0. The molecule has 1 aromatic carbocycles. The number of carbonyl (C=O) groups excluding carboxylic acids is 2. The highest BCUT2D eigenvalue weighted by atomic mass is 16.5. The number of rotatable bonds is 10. The number of benzene rings is 1. The van der Waals surface area contributed by atoms with Crippen molar-refractivity contribution < 1.29 is 18.7 Å². The first-order valence-corrected chi connectivity index (χ1v) is 11.5. The van der Waals surface area contributed by atoms with Crippen LogP contribution in [0.1, 0.15) is 49.5 Å². The molecule has 1 N–H and O–H groups in total. The van der Waals surface area contributed by atoms with Crippen LogP contribution in [0.5, 0.6) is 5.75 Å². The Morgan fingerprint density at radius 2 is 1.82 bits per heavy atom. The van der Waals surface area contributed by atoms with Crippen molar-refractivity contribution in [3.05, 3.63) is 53.6 Å². The van der Waals surface area contributed by atoms with Crippen LogP contribution >= 0.6 is 0 Å². The highest BCUT2D eigenvalue weighted by Crippen LogP contribution is 2.29. The second-order valence-corrected chi connectivity index (χ2v) is 9.34. The maximum Gasteiger partial charge on any atom is 0.260 e.